The molecule has 0 aliphatic heterocycles. The van der Waals surface area contributed by atoms with Gasteiger partial charge in [0.05, 0.1) is 14.2 Å². The van der Waals surface area contributed by atoms with Crippen LogP contribution in [0.25, 0.3) is 0 Å². The minimum absolute atomic E-state index is 0.215. The highest BCUT2D eigenvalue weighted by Crippen LogP contribution is 2.32. The van der Waals surface area contributed by atoms with Gasteiger partial charge in [-0.2, -0.15) is 0 Å². The van der Waals surface area contributed by atoms with E-state index >= 15 is 0 Å². The van der Waals surface area contributed by atoms with Gasteiger partial charge in [0, 0.05) is 24.7 Å². The predicted octanol–water partition coefficient (Wildman–Crippen LogP) is 2.68. The number of carboxylic acids is 1. The number of ether oxygens (including phenoxy) is 2. The number of carboxylic acid groups (broad SMARTS) is 1. The molecule has 0 saturated carbocycles. The summed E-state index contributed by atoms with van der Waals surface area (Å²) in [6.45, 7) is 2.73. The van der Waals surface area contributed by atoms with Crippen LogP contribution in [0, 0.1) is 6.92 Å². The lowest BCUT2D eigenvalue weighted by molar-refractivity contribution is -0.137. The molecule has 0 amide bonds. The SMILES string of the molecule is COc1cc(C)c(NCCCCC(=O)O)cc1OC. The van der Waals surface area contributed by atoms with Crippen molar-refractivity contribution in [3.8, 4) is 11.5 Å². The lowest BCUT2D eigenvalue weighted by Gasteiger charge is -2.14. The molecule has 19 heavy (non-hydrogen) atoms. The van der Waals surface area contributed by atoms with Gasteiger partial charge in [0.1, 0.15) is 0 Å². The first kappa shape index (κ1) is 15.1. The van der Waals surface area contributed by atoms with E-state index in [1.807, 2.05) is 19.1 Å². The first-order chi connectivity index (χ1) is 9.08. The van der Waals surface area contributed by atoms with Crippen LogP contribution >= 0.6 is 0 Å². The molecule has 0 aromatic heterocycles. The summed E-state index contributed by atoms with van der Waals surface area (Å²) in [5.74, 6) is 0.639. The van der Waals surface area contributed by atoms with E-state index in [-0.39, 0.29) is 6.42 Å². The van der Waals surface area contributed by atoms with Crippen molar-refractivity contribution in [2.45, 2.75) is 26.2 Å². The highest BCUT2D eigenvalue weighted by Gasteiger charge is 2.08. The fourth-order valence-electron chi connectivity index (χ4n) is 1.80. The standard InChI is InChI=1S/C14H21NO4/c1-10-8-12(18-2)13(19-3)9-11(10)15-7-5-4-6-14(16)17/h8-9,15H,4-7H2,1-3H3,(H,16,17). The van der Waals surface area contributed by atoms with E-state index < -0.39 is 5.97 Å². The number of hydrogen-bond donors (Lipinski definition) is 2. The molecule has 5 heteroatoms. The molecule has 0 radical (unpaired) electrons. The van der Waals surface area contributed by atoms with Crippen LogP contribution in [0.15, 0.2) is 12.1 Å². The molecule has 0 atom stereocenters. The van der Waals surface area contributed by atoms with Gasteiger partial charge >= 0.3 is 5.97 Å². The normalized spacial score (nSPS) is 10.1. The van der Waals surface area contributed by atoms with Crippen molar-refractivity contribution < 1.29 is 19.4 Å². The molecule has 1 aromatic rings. The number of hydrogen-bond acceptors (Lipinski definition) is 4. The van der Waals surface area contributed by atoms with Crippen molar-refractivity contribution in [1.29, 1.82) is 0 Å². The Kier molecular flexibility index (Phi) is 5.99. The van der Waals surface area contributed by atoms with Crippen molar-refractivity contribution in [3.63, 3.8) is 0 Å². The number of nitrogens with one attached hydrogen (secondary N) is 1. The summed E-state index contributed by atoms with van der Waals surface area (Å²) in [6, 6.07) is 3.81. The van der Waals surface area contributed by atoms with Crippen LogP contribution in [0.3, 0.4) is 0 Å². The Labute approximate surface area is 113 Å². The number of aliphatic carboxylic acids is 1. The average molecular weight is 267 g/mol. The largest absolute Gasteiger partial charge is 0.493 e. The quantitative estimate of drug-likeness (QED) is 0.709. The predicted molar refractivity (Wildman–Crippen MR) is 74.3 cm³/mol. The summed E-state index contributed by atoms with van der Waals surface area (Å²) in [7, 11) is 3.21. The highest BCUT2D eigenvalue weighted by atomic mass is 16.5. The molecule has 1 aromatic carbocycles. The fourth-order valence-corrected chi connectivity index (χ4v) is 1.80. The van der Waals surface area contributed by atoms with E-state index in [4.69, 9.17) is 14.6 Å². The molecule has 1 rings (SSSR count). The van der Waals surface area contributed by atoms with E-state index in [1.54, 1.807) is 14.2 Å². The number of unbranched alkanes of at least 4 members (excludes halogenated alkanes) is 1. The summed E-state index contributed by atoms with van der Waals surface area (Å²) in [4.78, 5) is 10.4. The molecular weight excluding hydrogens is 246 g/mol. The van der Waals surface area contributed by atoms with Crippen LogP contribution in [-0.2, 0) is 4.79 Å². The number of anilines is 1. The van der Waals surface area contributed by atoms with E-state index in [1.165, 1.54) is 0 Å². The Balaban J connectivity index is 2.56. The van der Waals surface area contributed by atoms with Crippen molar-refractivity contribution in [2.24, 2.45) is 0 Å². The summed E-state index contributed by atoms with van der Waals surface area (Å²) in [5, 5.41) is 11.8. The van der Waals surface area contributed by atoms with Gasteiger partial charge < -0.3 is 19.9 Å². The fraction of sp³-hybridized carbons (Fsp3) is 0.500. The second-order valence-electron chi connectivity index (χ2n) is 4.30. The zero-order valence-electron chi connectivity index (χ0n) is 11.7. The average Bonchev–Trinajstić information content (AvgIpc) is 2.39. The molecule has 0 aliphatic rings. The monoisotopic (exact) mass is 267 g/mol. The molecule has 5 nitrogen and oxygen atoms in total. The molecule has 0 heterocycles. The molecule has 0 spiro atoms. The Bertz CT molecular complexity index is 432. The Morgan fingerprint density at radius 1 is 1.21 bits per heavy atom. The van der Waals surface area contributed by atoms with Crippen LogP contribution < -0.4 is 14.8 Å². The van der Waals surface area contributed by atoms with Crippen molar-refractivity contribution in [1.82, 2.24) is 0 Å². The van der Waals surface area contributed by atoms with Crippen molar-refractivity contribution >= 4 is 11.7 Å². The third kappa shape index (κ3) is 4.69. The van der Waals surface area contributed by atoms with E-state index in [0.29, 0.717) is 17.9 Å². The number of carbonyl (C=O) groups is 1. The Morgan fingerprint density at radius 2 is 1.84 bits per heavy atom. The summed E-state index contributed by atoms with van der Waals surface area (Å²) in [5.41, 5.74) is 2.05. The van der Waals surface area contributed by atoms with Crippen LogP contribution in [0.1, 0.15) is 24.8 Å². The molecule has 0 bridgehead atoms. The minimum atomic E-state index is -0.748. The Morgan fingerprint density at radius 3 is 2.42 bits per heavy atom. The molecule has 0 saturated heterocycles. The lowest BCUT2D eigenvalue weighted by atomic mass is 10.1. The van der Waals surface area contributed by atoms with Gasteiger partial charge in [0.2, 0.25) is 0 Å². The summed E-state index contributed by atoms with van der Waals surface area (Å²) in [6.07, 6.45) is 1.71. The topological polar surface area (TPSA) is 67.8 Å². The van der Waals surface area contributed by atoms with Gasteiger partial charge in [-0.05, 0) is 31.4 Å². The van der Waals surface area contributed by atoms with Crippen LogP contribution in [0.5, 0.6) is 11.5 Å². The number of rotatable bonds is 8. The van der Waals surface area contributed by atoms with Crippen molar-refractivity contribution in [3.05, 3.63) is 17.7 Å². The minimum Gasteiger partial charge on any atom is -0.493 e. The second kappa shape index (κ2) is 7.51. The molecule has 0 fully saturated rings. The molecule has 0 aliphatic carbocycles. The maximum Gasteiger partial charge on any atom is 0.303 e. The van der Waals surface area contributed by atoms with Gasteiger partial charge in [-0.3, -0.25) is 4.79 Å². The van der Waals surface area contributed by atoms with E-state index in [2.05, 4.69) is 5.32 Å². The van der Waals surface area contributed by atoms with Gasteiger partial charge in [-0.1, -0.05) is 0 Å². The van der Waals surface area contributed by atoms with Gasteiger partial charge in [-0.25, -0.2) is 0 Å². The second-order valence-corrected chi connectivity index (χ2v) is 4.30. The third-order valence-electron chi connectivity index (χ3n) is 2.86. The van der Waals surface area contributed by atoms with Gasteiger partial charge in [-0.15, -0.1) is 0 Å². The van der Waals surface area contributed by atoms with Crippen LogP contribution in [-0.4, -0.2) is 31.8 Å². The highest BCUT2D eigenvalue weighted by molar-refractivity contribution is 5.66. The molecule has 0 unspecified atom stereocenters. The number of aryl methyl sites for hydroxylation is 1. The zero-order chi connectivity index (χ0) is 14.3. The maximum absolute atomic E-state index is 10.4. The molecular formula is C14H21NO4. The smallest absolute Gasteiger partial charge is 0.303 e. The molecule has 2 N–H and O–H groups in total. The first-order valence-corrected chi connectivity index (χ1v) is 6.26. The van der Waals surface area contributed by atoms with E-state index in [0.717, 1.165) is 24.2 Å². The zero-order valence-corrected chi connectivity index (χ0v) is 11.7. The van der Waals surface area contributed by atoms with E-state index in [9.17, 15) is 4.79 Å². The maximum atomic E-state index is 10.4. The van der Waals surface area contributed by atoms with Gasteiger partial charge in [0.15, 0.2) is 11.5 Å². The summed E-state index contributed by atoms with van der Waals surface area (Å²) >= 11 is 0. The number of benzene rings is 1. The van der Waals surface area contributed by atoms with Crippen molar-refractivity contribution in [2.75, 3.05) is 26.1 Å². The van der Waals surface area contributed by atoms with Crippen LogP contribution in [0.4, 0.5) is 5.69 Å². The summed E-state index contributed by atoms with van der Waals surface area (Å²) < 4.78 is 10.5. The molecule has 106 valence electrons. The first-order valence-electron chi connectivity index (χ1n) is 6.26. The third-order valence-corrected chi connectivity index (χ3v) is 2.86. The van der Waals surface area contributed by atoms with Gasteiger partial charge in [0.25, 0.3) is 0 Å². The Hall–Kier alpha value is -1.91. The van der Waals surface area contributed by atoms with Crippen LogP contribution in [0.2, 0.25) is 0 Å². The number of methoxy groups -OCH3 is 2. The lowest BCUT2D eigenvalue weighted by Crippen LogP contribution is -2.05.